The summed E-state index contributed by atoms with van der Waals surface area (Å²) >= 11 is 0. The quantitative estimate of drug-likeness (QED) is 0.247. The van der Waals surface area contributed by atoms with E-state index >= 15 is 0 Å². The zero-order valence-corrected chi connectivity index (χ0v) is 32.1. The van der Waals surface area contributed by atoms with Gasteiger partial charge < -0.3 is 54.3 Å². The molecule has 292 valence electrons. The molecule has 0 bridgehead atoms. The average molecular weight is 725 g/mol. The van der Waals surface area contributed by atoms with Crippen molar-refractivity contribution in [2.75, 3.05) is 27.2 Å². The van der Waals surface area contributed by atoms with Gasteiger partial charge in [-0.25, -0.2) is 0 Å². The first kappa shape index (κ1) is 43.2. The Kier molecular flexibility index (Phi) is 15.4. The van der Waals surface area contributed by atoms with Gasteiger partial charge >= 0.3 is 5.97 Å². The number of nitrogens with zero attached hydrogens (tertiary/aromatic N) is 2. The molecule has 0 spiro atoms. The first-order valence-electron chi connectivity index (χ1n) is 18.3. The lowest BCUT2D eigenvalue weighted by Crippen LogP contribution is -2.60. The van der Waals surface area contributed by atoms with Crippen LogP contribution in [0.4, 0.5) is 0 Å². The lowest BCUT2D eigenvalue weighted by Gasteiger charge is -2.47. The van der Waals surface area contributed by atoms with Gasteiger partial charge in [0.25, 0.3) is 0 Å². The van der Waals surface area contributed by atoms with E-state index in [0.29, 0.717) is 13.0 Å². The van der Waals surface area contributed by atoms with Gasteiger partial charge in [-0.05, 0) is 72.4 Å². The second-order valence-corrected chi connectivity index (χ2v) is 15.6. The fourth-order valence-electron chi connectivity index (χ4n) is 7.73. The zero-order chi connectivity index (χ0) is 38.4. The summed E-state index contributed by atoms with van der Waals surface area (Å²) in [7, 11) is 3.40. The van der Waals surface area contributed by atoms with Crippen LogP contribution in [0.3, 0.4) is 0 Å². The fraction of sp³-hybridized carbons (Fsp3) is 0.789. The largest absolute Gasteiger partial charge is 0.459 e. The highest BCUT2D eigenvalue weighted by atomic mass is 16.7. The van der Waals surface area contributed by atoms with Gasteiger partial charge in [0.15, 0.2) is 6.29 Å². The molecule has 2 aliphatic rings. The van der Waals surface area contributed by atoms with Crippen LogP contribution >= 0.6 is 0 Å². The van der Waals surface area contributed by atoms with Crippen molar-refractivity contribution in [3.63, 3.8) is 0 Å². The Morgan fingerprint density at radius 2 is 1.67 bits per heavy atom. The van der Waals surface area contributed by atoms with E-state index in [4.69, 9.17) is 18.9 Å². The lowest BCUT2D eigenvalue weighted by molar-refractivity contribution is -0.299. The van der Waals surface area contributed by atoms with Crippen molar-refractivity contribution in [2.45, 2.75) is 147 Å². The number of aliphatic hydroxyl groups is 5. The highest BCUT2D eigenvalue weighted by Gasteiger charge is 2.50. The summed E-state index contributed by atoms with van der Waals surface area (Å²) in [5, 5.41) is 58.1. The SMILES string of the molecule is CC[C@H]1OC(=O)[C@H](C)[C@@H](O)[C@H](C)[C@@H](O[C@@H]2O[C@H](C)C[C@H](N(C)C(=O)COCc3ccccc3)[C@H]2O)[C@](C)(O)C[C@@H](C)CN(C)[C@H](C)[C@@H](O)[C@]1(C)O. The van der Waals surface area contributed by atoms with Crippen molar-refractivity contribution in [3.05, 3.63) is 35.9 Å². The van der Waals surface area contributed by atoms with E-state index in [9.17, 15) is 35.1 Å². The maximum atomic E-state index is 13.5. The predicted molar refractivity (Wildman–Crippen MR) is 190 cm³/mol. The Morgan fingerprint density at radius 1 is 1.04 bits per heavy atom. The Balaban J connectivity index is 1.89. The molecule has 0 unspecified atom stereocenters. The first-order valence-corrected chi connectivity index (χ1v) is 18.3. The van der Waals surface area contributed by atoms with E-state index in [-0.39, 0.29) is 37.9 Å². The Bertz CT molecular complexity index is 1250. The van der Waals surface area contributed by atoms with Gasteiger partial charge in [0.1, 0.15) is 30.5 Å². The number of amides is 1. The average Bonchev–Trinajstić information content (AvgIpc) is 3.07. The molecule has 5 N–H and O–H groups in total. The van der Waals surface area contributed by atoms with Crippen LogP contribution in [-0.4, -0.2) is 141 Å². The molecule has 2 saturated heterocycles. The topological polar surface area (TPSA) is 179 Å². The molecule has 1 aromatic carbocycles. The molecule has 2 aliphatic heterocycles. The maximum Gasteiger partial charge on any atom is 0.311 e. The molecule has 2 fully saturated rings. The van der Waals surface area contributed by atoms with E-state index in [1.807, 2.05) is 42.2 Å². The molecule has 13 nitrogen and oxygen atoms in total. The van der Waals surface area contributed by atoms with Crippen molar-refractivity contribution < 1.29 is 54.1 Å². The normalized spacial score (nSPS) is 40.9. The van der Waals surface area contributed by atoms with Crippen LogP contribution in [0, 0.1) is 17.8 Å². The second kappa shape index (κ2) is 18.2. The molecule has 0 aromatic heterocycles. The van der Waals surface area contributed by atoms with Gasteiger partial charge in [0.2, 0.25) is 5.91 Å². The van der Waals surface area contributed by atoms with Gasteiger partial charge in [-0.1, -0.05) is 51.1 Å². The van der Waals surface area contributed by atoms with E-state index in [1.165, 1.54) is 18.7 Å². The number of aliphatic hydroxyl groups excluding tert-OH is 3. The molecular weight excluding hydrogens is 660 g/mol. The van der Waals surface area contributed by atoms with Gasteiger partial charge in [-0.3, -0.25) is 9.59 Å². The van der Waals surface area contributed by atoms with E-state index in [0.717, 1.165) is 5.56 Å². The number of hydrogen-bond donors (Lipinski definition) is 5. The van der Waals surface area contributed by atoms with Gasteiger partial charge in [-0.2, -0.15) is 0 Å². The molecule has 1 amide bonds. The number of rotatable bonds is 8. The van der Waals surface area contributed by atoms with Crippen LogP contribution in [0.1, 0.15) is 80.2 Å². The zero-order valence-electron chi connectivity index (χ0n) is 32.1. The molecule has 3 rings (SSSR count). The molecule has 51 heavy (non-hydrogen) atoms. The van der Waals surface area contributed by atoms with E-state index in [1.54, 1.807) is 48.7 Å². The fourth-order valence-corrected chi connectivity index (χ4v) is 7.73. The second-order valence-electron chi connectivity index (χ2n) is 15.6. The number of cyclic esters (lactones) is 1. The van der Waals surface area contributed by atoms with Crippen LogP contribution in [0.5, 0.6) is 0 Å². The summed E-state index contributed by atoms with van der Waals surface area (Å²) in [5.74, 6) is -3.30. The summed E-state index contributed by atoms with van der Waals surface area (Å²) in [6.45, 7) is 13.9. The molecule has 0 radical (unpaired) electrons. The number of carbonyl (C=O) groups excluding carboxylic acids is 2. The number of benzene rings is 1. The lowest BCUT2D eigenvalue weighted by atomic mass is 9.78. The summed E-state index contributed by atoms with van der Waals surface area (Å²) < 4.78 is 23.9. The van der Waals surface area contributed by atoms with Crippen LogP contribution < -0.4 is 0 Å². The van der Waals surface area contributed by atoms with Gasteiger partial charge in [0, 0.05) is 25.6 Å². The summed E-state index contributed by atoms with van der Waals surface area (Å²) in [5.41, 5.74) is -2.48. The van der Waals surface area contributed by atoms with Crippen molar-refractivity contribution in [3.8, 4) is 0 Å². The number of esters is 1. The third-order valence-electron chi connectivity index (χ3n) is 11.0. The van der Waals surface area contributed by atoms with Gasteiger partial charge in [0.05, 0.1) is 42.5 Å². The number of carbonyl (C=O) groups is 2. The van der Waals surface area contributed by atoms with E-state index < -0.39 is 84.0 Å². The highest BCUT2D eigenvalue weighted by Crippen LogP contribution is 2.36. The number of ether oxygens (including phenoxy) is 4. The highest BCUT2D eigenvalue weighted by molar-refractivity contribution is 5.77. The molecule has 2 heterocycles. The smallest absolute Gasteiger partial charge is 0.311 e. The number of likely N-dealkylation sites (N-methyl/N-ethyl adjacent to an activating group) is 2. The van der Waals surface area contributed by atoms with Crippen LogP contribution in [0.25, 0.3) is 0 Å². The van der Waals surface area contributed by atoms with Gasteiger partial charge in [-0.15, -0.1) is 0 Å². The Labute approximate surface area is 303 Å². The summed E-state index contributed by atoms with van der Waals surface area (Å²) in [6, 6.07) is 8.23. The first-order chi connectivity index (χ1) is 23.7. The van der Waals surface area contributed by atoms with Crippen LogP contribution in [0.2, 0.25) is 0 Å². The molecule has 0 saturated carbocycles. The van der Waals surface area contributed by atoms with Crippen molar-refractivity contribution >= 4 is 11.9 Å². The minimum atomic E-state index is -1.79. The summed E-state index contributed by atoms with van der Waals surface area (Å²) in [4.78, 5) is 30.0. The van der Waals surface area contributed by atoms with Crippen LogP contribution in [0.15, 0.2) is 30.3 Å². The Morgan fingerprint density at radius 3 is 2.27 bits per heavy atom. The molecular formula is C38H64N2O11. The standard InChI is InChI=1S/C38H64N2O11/c1-11-29-38(8,47)33(44)26(6)39(9)19-22(2)18-37(7,46)34(24(4)31(42)25(5)35(45)50-29)51-36-32(43)28(17-23(3)49-36)40(10)30(41)21-48-20-27-15-13-12-14-16-27/h12-16,22-26,28-29,31-34,36,42-44,46-47H,11,17-21H2,1-10H3/t22-,23-,24+,25-,26-,28+,29-,31+,32-,33-,34-,36+,37-,38-/m1/s1. The van der Waals surface area contributed by atoms with Crippen molar-refractivity contribution in [1.29, 1.82) is 0 Å². The van der Waals surface area contributed by atoms with Crippen molar-refractivity contribution in [2.24, 2.45) is 17.8 Å². The summed E-state index contributed by atoms with van der Waals surface area (Å²) in [6.07, 6.45) is -7.23. The van der Waals surface area contributed by atoms with E-state index in [2.05, 4.69) is 0 Å². The molecule has 0 aliphatic carbocycles. The third kappa shape index (κ3) is 10.7. The van der Waals surface area contributed by atoms with Crippen LogP contribution in [-0.2, 0) is 35.1 Å². The molecule has 1 aromatic rings. The minimum absolute atomic E-state index is 0.174. The Hall–Kier alpha value is -2.20. The molecule has 13 heteroatoms. The molecule has 14 atom stereocenters. The third-order valence-corrected chi connectivity index (χ3v) is 11.0. The monoisotopic (exact) mass is 724 g/mol. The maximum absolute atomic E-state index is 13.5. The number of hydrogen-bond acceptors (Lipinski definition) is 12. The minimum Gasteiger partial charge on any atom is -0.459 e. The predicted octanol–water partition coefficient (Wildman–Crippen LogP) is 2.09. The van der Waals surface area contributed by atoms with Crippen molar-refractivity contribution in [1.82, 2.24) is 9.80 Å².